The van der Waals surface area contributed by atoms with E-state index in [1.807, 2.05) is 0 Å². The molecule has 14 heavy (non-hydrogen) atoms. The largest absolute Gasteiger partial charge is 0.431 e. The molecular formula is C9H8F4O. The minimum atomic E-state index is -3.16. The molecule has 1 nitrogen and oxygen atoms in total. The van der Waals surface area contributed by atoms with E-state index in [2.05, 4.69) is 4.74 Å². The molecule has 0 heterocycles. The van der Waals surface area contributed by atoms with E-state index in [1.54, 1.807) is 0 Å². The predicted octanol–water partition coefficient (Wildman–Crippen LogP) is 3.18. The van der Waals surface area contributed by atoms with Crippen molar-refractivity contribution in [2.24, 2.45) is 0 Å². The zero-order valence-corrected chi connectivity index (χ0v) is 7.57. The van der Waals surface area contributed by atoms with Gasteiger partial charge in [-0.25, -0.2) is 4.39 Å². The summed E-state index contributed by atoms with van der Waals surface area (Å²) in [6, 6.07) is 0.934. The van der Waals surface area contributed by atoms with E-state index >= 15 is 0 Å². The van der Waals surface area contributed by atoms with E-state index in [0.717, 1.165) is 6.07 Å². The summed E-state index contributed by atoms with van der Waals surface area (Å²) in [7, 11) is 0. The molecule has 0 spiro atoms. The van der Waals surface area contributed by atoms with Gasteiger partial charge in [-0.1, -0.05) is 0 Å². The summed E-state index contributed by atoms with van der Waals surface area (Å²) in [5, 5.41) is 0. The molecule has 78 valence electrons. The van der Waals surface area contributed by atoms with Crippen molar-refractivity contribution in [3.63, 3.8) is 0 Å². The molecule has 5 heteroatoms. The SMILES string of the molecule is Cc1cc(F)c(F)c(OC(F)F)c1C. The fourth-order valence-electron chi connectivity index (χ4n) is 1.04. The number of halogens is 4. The summed E-state index contributed by atoms with van der Waals surface area (Å²) < 4.78 is 53.3. The second-order valence-corrected chi connectivity index (χ2v) is 2.82. The smallest absolute Gasteiger partial charge is 0.387 e. The van der Waals surface area contributed by atoms with Crippen molar-refractivity contribution in [1.29, 1.82) is 0 Å². The van der Waals surface area contributed by atoms with E-state index in [-0.39, 0.29) is 5.56 Å². The second-order valence-electron chi connectivity index (χ2n) is 2.82. The molecule has 0 saturated heterocycles. The maximum atomic E-state index is 13.0. The van der Waals surface area contributed by atoms with Gasteiger partial charge < -0.3 is 4.74 Å². The normalized spacial score (nSPS) is 10.8. The molecule has 0 aliphatic carbocycles. The molecule has 0 bridgehead atoms. The molecule has 0 unspecified atom stereocenters. The van der Waals surface area contributed by atoms with Crippen LogP contribution in [0.15, 0.2) is 6.07 Å². The highest BCUT2D eigenvalue weighted by Gasteiger charge is 2.18. The maximum absolute atomic E-state index is 13.0. The van der Waals surface area contributed by atoms with Crippen LogP contribution >= 0.6 is 0 Å². The number of benzene rings is 1. The van der Waals surface area contributed by atoms with Crippen LogP contribution in [-0.4, -0.2) is 6.61 Å². The number of alkyl halides is 2. The lowest BCUT2D eigenvalue weighted by atomic mass is 10.1. The van der Waals surface area contributed by atoms with E-state index < -0.39 is 24.0 Å². The maximum Gasteiger partial charge on any atom is 0.387 e. The second kappa shape index (κ2) is 3.86. The summed E-state index contributed by atoms with van der Waals surface area (Å²) in [6.45, 7) is -0.296. The van der Waals surface area contributed by atoms with Crippen molar-refractivity contribution in [1.82, 2.24) is 0 Å². The topological polar surface area (TPSA) is 9.23 Å². The molecule has 0 N–H and O–H groups in total. The van der Waals surface area contributed by atoms with Gasteiger partial charge in [-0.3, -0.25) is 0 Å². The third-order valence-electron chi connectivity index (χ3n) is 1.89. The van der Waals surface area contributed by atoms with Crippen LogP contribution < -0.4 is 4.74 Å². The lowest BCUT2D eigenvalue weighted by Crippen LogP contribution is -2.07. The average Bonchev–Trinajstić information content (AvgIpc) is 2.09. The van der Waals surface area contributed by atoms with Crippen LogP contribution in [0.2, 0.25) is 0 Å². The van der Waals surface area contributed by atoms with Crippen LogP contribution in [-0.2, 0) is 0 Å². The van der Waals surface area contributed by atoms with Crippen molar-refractivity contribution < 1.29 is 22.3 Å². The molecule has 0 fully saturated rings. The fourth-order valence-corrected chi connectivity index (χ4v) is 1.04. The molecule has 0 radical (unpaired) electrons. The molecule has 1 rings (SSSR count). The first kappa shape index (κ1) is 10.8. The number of hydrogen-bond donors (Lipinski definition) is 0. The third-order valence-corrected chi connectivity index (χ3v) is 1.89. The minimum absolute atomic E-state index is 0.171. The Morgan fingerprint density at radius 3 is 2.29 bits per heavy atom. The standard InChI is InChI=1S/C9H8F4O/c1-4-3-6(10)7(11)8(5(4)2)14-9(12)13/h3,9H,1-2H3. The van der Waals surface area contributed by atoms with Gasteiger partial charge >= 0.3 is 6.61 Å². The number of hydrogen-bond acceptors (Lipinski definition) is 1. The Labute approximate surface area is 78.3 Å². The van der Waals surface area contributed by atoms with E-state index in [1.165, 1.54) is 13.8 Å². The Bertz CT molecular complexity index is 323. The molecule has 0 aliphatic heterocycles. The Balaban J connectivity index is 3.25. The molecular weight excluding hydrogens is 200 g/mol. The number of rotatable bonds is 2. The van der Waals surface area contributed by atoms with Crippen LogP contribution in [0.4, 0.5) is 17.6 Å². The zero-order valence-electron chi connectivity index (χ0n) is 7.57. The molecule has 0 atom stereocenters. The highest BCUT2D eigenvalue weighted by Crippen LogP contribution is 2.28. The van der Waals surface area contributed by atoms with Gasteiger partial charge in [-0.2, -0.15) is 13.2 Å². The third kappa shape index (κ3) is 1.97. The van der Waals surface area contributed by atoms with Crippen LogP contribution in [0.3, 0.4) is 0 Å². The van der Waals surface area contributed by atoms with E-state index in [4.69, 9.17) is 0 Å². The zero-order chi connectivity index (χ0) is 10.9. The van der Waals surface area contributed by atoms with Crippen molar-refractivity contribution in [3.05, 3.63) is 28.8 Å². The van der Waals surface area contributed by atoms with Crippen molar-refractivity contribution in [2.75, 3.05) is 0 Å². The van der Waals surface area contributed by atoms with Crippen molar-refractivity contribution >= 4 is 0 Å². The van der Waals surface area contributed by atoms with Gasteiger partial charge in [0.1, 0.15) is 0 Å². The van der Waals surface area contributed by atoms with Gasteiger partial charge in [0.25, 0.3) is 0 Å². The summed E-state index contributed by atoms with van der Waals surface area (Å²) >= 11 is 0. The molecule has 1 aromatic rings. The molecule has 1 aromatic carbocycles. The Kier molecular flexibility index (Phi) is 2.98. The molecule has 0 saturated carbocycles. The average molecular weight is 208 g/mol. The van der Waals surface area contributed by atoms with Gasteiger partial charge in [0.15, 0.2) is 11.6 Å². The lowest BCUT2D eigenvalue weighted by molar-refractivity contribution is -0.0530. The first-order valence-electron chi connectivity index (χ1n) is 3.83. The molecule has 0 aromatic heterocycles. The van der Waals surface area contributed by atoms with Gasteiger partial charge in [0.05, 0.1) is 0 Å². The summed E-state index contributed by atoms with van der Waals surface area (Å²) in [5.41, 5.74) is 0.531. The fraction of sp³-hybridized carbons (Fsp3) is 0.333. The van der Waals surface area contributed by atoms with Crippen LogP contribution in [0.1, 0.15) is 11.1 Å². The monoisotopic (exact) mass is 208 g/mol. The van der Waals surface area contributed by atoms with Crippen molar-refractivity contribution in [2.45, 2.75) is 20.5 Å². The Hall–Kier alpha value is -1.26. The van der Waals surface area contributed by atoms with Gasteiger partial charge in [-0.05, 0) is 31.0 Å². The Morgan fingerprint density at radius 2 is 1.79 bits per heavy atom. The van der Waals surface area contributed by atoms with Crippen LogP contribution in [0.25, 0.3) is 0 Å². The van der Waals surface area contributed by atoms with E-state index in [0.29, 0.717) is 5.56 Å². The highest BCUT2D eigenvalue weighted by molar-refractivity contribution is 5.40. The first-order valence-corrected chi connectivity index (χ1v) is 3.83. The van der Waals surface area contributed by atoms with Crippen LogP contribution in [0, 0.1) is 25.5 Å². The number of ether oxygens (including phenoxy) is 1. The Morgan fingerprint density at radius 1 is 1.21 bits per heavy atom. The quantitative estimate of drug-likeness (QED) is 0.678. The molecule has 0 amide bonds. The first-order chi connectivity index (χ1) is 6.43. The van der Waals surface area contributed by atoms with Gasteiger partial charge in [0.2, 0.25) is 5.82 Å². The van der Waals surface area contributed by atoms with Gasteiger partial charge in [-0.15, -0.1) is 0 Å². The number of aryl methyl sites for hydroxylation is 1. The van der Waals surface area contributed by atoms with Crippen molar-refractivity contribution in [3.8, 4) is 5.75 Å². The molecule has 0 aliphatic rings. The predicted molar refractivity (Wildman–Crippen MR) is 42.5 cm³/mol. The van der Waals surface area contributed by atoms with E-state index in [9.17, 15) is 17.6 Å². The minimum Gasteiger partial charge on any atom is -0.431 e. The summed E-state index contributed by atoms with van der Waals surface area (Å²) in [6.07, 6.45) is 0. The van der Waals surface area contributed by atoms with Gasteiger partial charge in [0, 0.05) is 0 Å². The van der Waals surface area contributed by atoms with Crippen LogP contribution in [0.5, 0.6) is 5.75 Å². The lowest BCUT2D eigenvalue weighted by Gasteiger charge is -2.11. The highest BCUT2D eigenvalue weighted by atomic mass is 19.3. The summed E-state index contributed by atoms with van der Waals surface area (Å²) in [4.78, 5) is 0. The summed E-state index contributed by atoms with van der Waals surface area (Å²) in [5.74, 6) is -3.30.